The minimum atomic E-state index is -0.833. The lowest BCUT2D eigenvalue weighted by molar-refractivity contribution is -0.134. The number of aryl methyl sites for hydroxylation is 1. The molecule has 5 nitrogen and oxygen atoms in total. The van der Waals surface area contributed by atoms with Crippen LogP contribution in [0.25, 0.3) is 11.0 Å². The molecule has 0 aliphatic rings. The summed E-state index contributed by atoms with van der Waals surface area (Å²) in [4.78, 5) is 9.00. The van der Waals surface area contributed by atoms with Crippen molar-refractivity contribution in [2.24, 2.45) is 0 Å². The number of benzene rings is 1. The zero-order valence-electron chi connectivity index (χ0n) is 15.5. The van der Waals surface area contributed by atoms with Crippen LogP contribution in [0.4, 0.5) is 0 Å². The van der Waals surface area contributed by atoms with Crippen molar-refractivity contribution in [1.29, 1.82) is 0 Å². The van der Waals surface area contributed by atoms with Crippen molar-refractivity contribution < 1.29 is 19.5 Å². The van der Waals surface area contributed by atoms with E-state index in [4.69, 9.17) is 14.4 Å². The molecule has 1 aromatic carbocycles. The van der Waals surface area contributed by atoms with Crippen molar-refractivity contribution in [3.8, 4) is 5.75 Å². The number of nitrogens with zero attached hydrogens (tertiary/aromatic N) is 1. The van der Waals surface area contributed by atoms with Crippen molar-refractivity contribution in [2.75, 3.05) is 0 Å². The molecule has 1 aromatic heterocycles. The molecule has 0 radical (unpaired) electrons. The molecule has 0 spiro atoms. The Morgan fingerprint density at radius 1 is 1.04 bits per heavy atom. The van der Waals surface area contributed by atoms with Crippen LogP contribution >= 0.6 is 0 Å². The molecule has 0 saturated carbocycles. The Hall–Kier alpha value is -2.04. The van der Waals surface area contributed by atoms with Gasteiger partial charge in [0, 0.05) is 6.92 Å². The smallest absolute Gasteiger partial charge is 0.300 e. The van der Waals surface area contributed by atoms with Gasteiger partial charge >= 0.3 is 0 Å². The van der Waals surface area contributed by atoms with Gasteiger partial charge in [-0.15, -0.1) is 0 Å². The number of phenolic OH excluding ortho intramolecular Hbond substituents is 1. The van der Waals surface area contributed by atoms with E-state index >= 15 is 0 Å². The van der Waals surface area contributed by atoms with Crippen LogP contribution in [0.2, 0.25) is 0 Å². The average Bonchev–Trinajstić information content (AvgIpc) is 2.97. The van der Waals surface area contributed by atoms with Gasteiger partial charge in [-0.1, -0.05) is 69.5 Å². The Morgan fingerprint density at radius 3 is 2.20 bits per heavy atom. The fourth-order valence-corrected chi connectivity index (χ4v) is 2.81. The van der Waals surface area contributed by atoms with Crippen LogP contribution in [-0.2, 0) is 11.2 Å². The van der Waals surface area contributed by atoms with Crippen LogP contribution < -0.4 is 0 Å². The Labute approximate surface area is 150 Å². The highest BCUT2D eigenvalue weighted by Gasteiger charge is 2.11. The molecule has 0 atom stereocenters. The zero-order valence-corrected chi connectivity index (χ0v) is 15.5. The number of carboxylic acid groups (broad SMARTS) is 1. The molecule has 1 heterocycles. The second-order valence-electron chi connectivity index (χ2n) is 6.38. The van der Waals surface area contributed by atoms with Gasteiger partial charge in [0.1, 0.15) is 5.75 Å². The summed E-state index contributed by atoms with van der Waals surface area (Å²) in [5.74, 6) is -0.556. The Balaban J connectivity index is 0.000000705. The number of aliphatic carboxylic acids is 1. The first-order valence-corrected chi connectivity index (χ1v) is 9.32. The molecule has 2 N–H and O–H groups in total. The number of phenols is 1. The monoisotopic (exact) mass is 349 g/mol. The van der Waals surface area contributed by atoms with Gasteiger partial charge < -0.3 is 14.7 Å². The summed E-state index contributed by atoms with van der Waals surface area (Å²) in [6.45, 7) is 3.34. The van der Waals surface area contributed by atoms with Crippen LogP contribution in [0.5, 0.6) is 5.75 Å². The van der Waals surface area contributed by atoms with E-state index in [1.165, 1.54) is 51.4 Å². The topological polar surface area (TPSA) is 83.6 Å². The van der Waals surface area contributed by atoms with Crippen molar-refractivity contribution >= 4 is 16.9 Å². The highest BCUT2D eigenvalue weighted by Crippen LogP contribution is 2.28. The van der Waals surface area contributed by atoms with Gasteiger partial charge in [0.25, 0.3) is 5.97 Å². The van der Waals surface area contributed by atoms with E-state index in [9.17, 15) is 5.11 Å². The van der Waals surface area contributed by atoms with Crippen LogP contribution in [0, 0.1) is 0 Å². The molecule has 0 unspecified atom stereocenters. The second kappa shape index (κ2) is 12.3. The lowest BCUT2D eigenvalue weighted by Gasteiger charge is -2.01. The molecule has 0 fully saturated rings. The number of carbonyl (C=O) groups is 1. The SMILES string of the molecule is CC(=O)O.CCCCCCCCCCCc1noc2cccc(O)c12. The fraction of sp³-hybridized carbons (Fsp3) is 0.600. The minimum absolute atomic E-state index is 0.277. The van der Waals surface area contributed by atoms with Crippen molar-refractivity contribution in [3.63, 3.8) is 0 Å². The average molecular weight is 349 g/mol. The summed E-state index contributed by atoms with van der Waals surface area (Å²) in [5, 5.41) is 22.2. The van der Waals surface area contributed by atoms with Crippen molar-refractivity contribution in [1.82, 2.24) is 5.16 Å². The van der Waals surface area contributed by atoms with Crippen LogP contribution in [0.1, 0.15) is 77.3 Å². The summed E-state index contributed by atoms with van der Waals surface area (Å²) >= 11 is 0. The zero-order chi connectivity index (χ0) is 18.5. The summed E-state index contributed by atoms with van der Waals surface area (Å²) in [6.07, 6.45) is 12.7. The molecule has 0 bridgehead atoms. The standard InChI is InChI=1S/C18H27NO2.C2H4O2/c1-2-3-4-5-6-7-8-9-10-12-15-18-16(20)13-11-14-17(18)21-19-15;1-2(3)4/h11,13-14,20H,2-10,12H2,1H3;1H3,(H,3,4). The maximum absolute atomic E-state index is 9.88. The maximum Gasteiger partial charge on any atom is 0.300 e. The Kier molecular flexibility index (Phi) is 10.4. The minimum Gasteiger partial charge on any atom is -0.507 e. The van der Waals surface area contributed by atoms with E-state index < -0.39 is 5.97 Å². The molecular formula is C20H31NO4. The van der Waals surface area contributed by atoms with E-state index in [1.807, 2.05) is 6.07 Å². The number of carboxylic acids is 1. The summed E-state index contributed by atoms with van der Waals surface area (Å²) in [6, 6.07) is 5.33. The summed E-state index contributed by atoms with van der Waals surface area (Å²) in [7, 11) is 0. The number of hydrogen-bond donors (Lipinski definition) is 2. The highest BCUT2D eigenvalue weighted by atomic mass is 16.5. The Morgan fingerprint density at radius 2 is 1.60 bits per heavy atom. The number of unbranched alkanes of at least 4 members (excludes halogenated alkanes) is 8. The lowest BCUT2D eigenvalue weighted by atomic mass is 10.0. The van der Waals surface area contributed by atoms with Crippen LogP contribution in [0.15, 0.2) is 22.7 Å². The first-order chi connectivity index (χ1) is 12.1. The molecule has 2 rings (SSSR count). The summed E-state index contributed by atoms with van der Waals surface area (Å²) in [5.41, 5.74) is 1.58. The van der Waals surface area contributed by atoms with Gasteiger partial charge in [-0.25, -0.2) is 0 Å². The number of aromatic hydroxyl groups is 1. The second-order valence-corrected chi connectivity index (χ2v) is 6.38. The molecule has 2 aromatic rings. The molecule has 0 amide bonds. The van der Waals surface area contributed by atoms with Gasteiger partial charge in [0.15, 0.2) is 5.58 Å². The normalized spacial score (nSPS) is 10.5. The third-order valence-corrected chi connectivity index (χ3v) is 4.06. The summed E-state index contributed by atoms with van der Waals surface area (Å²) < 4.78 is 5.25. The van der Waals surface area contributed by atoms with E-state index in [0.29, 0.717) is 5.58 Å². The van der Waals surface area contributed by atoms with E-state index in [2.05, 4.69) is 12.1 Å². The van der Waals surface area contributed by atoms with E-state index in [1.54, 1.807) is 12.1 Å². The van der Waals surface area contributed by atoms with Gasteiger partial charge in [-0.05, 0) is 25.0 Å². The van der Waals surface area contributed by atoms with Crippen LogP contribution in [0.3, 0.4) is 0 Å². The van der Waals surface area contributed by atoms with Gasteiger partial charge in [-0.2, -0.15) is 0 Å². The van der Waals surface area contributed by atoms with Gasteiger partial charge in [-0.3, -0.25) is 4.79 Å². The fourth-order valence-electron chi connectivity index (χ4n) is 2.81. The van der Waals surface area contributed by atoms with E-state index in [-0.39, 0.29) is 5.75 Å². The van der Waals surface area contributed by atoms with Crippen molar-refractivity contribution in [2.45, 2.75) is 78.1 Å². The molecule has 0 aliphatic heterocycles. The molecule has 5 heteroatoms. The number of rotatable bonds is 10. The van der Waals surface area contributed by atoms with E-state index in [0.717, 1.165) is 30.8 Å². The first-order valence-electron chi connectivity index (χ1n) is 9.32. The number of hydrogen-bond acceptors (Lipinski definition) is 4. The molecule has 0 saturated heterocycles. The third-order valence-electron chi connectivity index (χ3n) is 4.06. The quantitative estimate of drug-likeness (QED) is 0.538. The predicted octanol–water partition coefficient (Wildman–Crippen LogP) is 5.70. The largest absolute Gasteiger partial charge is 0.507 e. The molecule has 0 aliphatic carbocycles. The van der Waals surface area contributed by atoms with Crippen LogP contribution in [-0.4, -0.2) is 21.3 Å². The van der Waals surface area contributed by atoms with Gasteiger partial charge in [0.05, 0.1) is 11.1 Å². The molecule has 140 valence electrons. The highest BCUT2D eigenvalue weighted by molar-refractivity contribution is 5.85. The maximum atomic E-state index is 9.88. The number of aromatic nitrogens is 1. The Bertz CT molecular complexity index is 617. The number of fused-ring (bicyclic) bond motifs is 1. The predicted molar refractivity (Wildman–Crippen MR) is 99.9 cm³/mol. The molecular weight excluding hydrogens is 318 g/mol. The van der Waals surface area contributed by atoms with Gasteiger partial charge in [0.2, 0.25) is 0 Å². The molecule has 25 heavy (non-hydrogen) atoms. The lowest BCUT2D eigenvalue weighted by Crippen LogP contribution is -1.88. The first kappa shape index (κ1) is 21.0. The van der Waals surface area contributed by atoms with Crippen molar-refractivity contribution in [3.05, 3.63) is 23.9 Å². The third kappa shape index (κ3) is 8.57.